The van der Waals surface area contributed by atoms with E-state index in [2.05, 4.69) is 21.6 Å². The van der Waals surface area contributed by atoms with Crippen molar-refractivity contribution in [2.45, 2.75) is 39.5 Å². The van der Waals surface area contributed by atoms with Crippen molar-refractivity contribution < 1.29 is 23.5 Å². The van der Waals surface area contributed by atoms with Gasteiger partial charge in [0.05, 0.1) is 13.0 Å². The third kappa shape index (κ3) is 5.82. The molecule has 1 atom stereocenters. The van der Waals surface area contributed by atoms with Gasteiger partial charge in [0.1, 0.15) is 24.7 Å². The molecule has 2 aromatic rings. The first-order chi connectivity index (χ1) is 16.3. The van der Waals surface area contributed by atoms with Crippen LogP contribution in [0.5, 0.6) is 5.75 Å². The van der Waals surface area contributed by atoms with E-state index < -0.39 is 18.0 Å². The maximum atomic E-state index is 12.5. The Morgan fingerprint density at radius 1 is 1.06 bits per heavy atom. The summed E-state index contributed by atoms with van der Waals surface area (Å²) in [5.74, 6) is 0.0301. The number of aryl methyl sites for hydroxylation is 2. The van der Waals surface area contributed by atoms with Crippen LogP contribution in [0.2, 0.25) is 0 Å². The summed E-state index contributed by atoms with van der Waals surface area (Å²) in [6, 6.07) is 6.17. The van der Waals surface area contributed by atoms with Gasteiger partial charge in [-0.25, -0.2) is 4.79 Å². The van der Waals surface area contributed by atoms with E-state index in [0.717, 1.165) is 16.7 Å². The first kappa shape index (κ1) is 23.5. The third-order valence-electron chi connectivity index (χ3n) is 5.87. The van der Waals surface area contributed by atoms with Crippen molar-refractivity contribution in [1.82, 2.24) is 20.4 Å². The number of carbonyl (C=O) groups excluding carboxylic acids is 3. The van der Waals surface area contributed by atoms with E-state index >= 15 is 0 Å². The first-order valence-corrected chi connectivity index (χ1v) is 11.2. The molecule has 10 nitrogen and oxygen atoms in total. The fourth-order valence-corrected chi connectivity index (χ4v) is 4.22. The second-order valence-corrected chi connectivity index (χ2v) is 8.74. The van der Waals surface area contributed by atoms with Crippen LogP contribution in [0.3, 0.4) is 0 Å². The minimum Gasteiger partial charge on any atom is -0.482 e. The Bertz CT molecular complexity index is 1130. The molecule has 180 valence electrons. The number of imide groups is 1. The summed E-state index contributed by atoms with van der Waals surface area (Å²) in [7, 11) is 0. The number of nitrogens with one attached hydrogen (secondary N) is 2. The number of carbonyl (C=O) groups is 3. The molecule has 0 spiro atoms. The zero-order valence-corrected chi connectivity index (χ0v) is 19.3. The molecule has 0 bridgehead atoms. The van der Waals surface area contributed by atoms with Crippen molar-refractivity contribution in [3.63, 3.8) is 0 Å². The third-order valence-corrected chi connectivity index (χ3v) is 5.87. The summed E-state index contributed by atoms with van der Waals surface area (Å²) in [6.07, 6.45) is 1.29. The number of urea groups is 1. The smallest absolute Gasteiger partial charge is 0.322 e. The fourth-order valence-electron chi connectivity index (χ4n) is 4.22. The molecule has 2 aliphatic rings. The van der Waals surface area contributed by atoms with Crippen molar-refractivity contribution in [3.8, 4) is 5.75 Å². The molecule has 0 saturated carbocycles. The average molecular weight is 469 g/mol. The first-order valence-electron chi connectivity index (χ1n) is 11.2. The Morgan fingerprint density at radius 3 is 2.38 bits per heavy atom. The fraction of sp³-hybridized carbons (Fsp3) is 0.417. The van der Waals surface area contributed by atoms with Crippen LogP contribution in [0.1, 0.15) is 28.9 Å². The second-order valence-electron chi connectivity index (χ2n) is 8.74. The maximum Gasteiger partial charge on any atom is 0.322 e. The lowest BCUT2D eigenvalue weighted by molar-refractivity contribution is -0.135. The topological polar surface area (TPSA) is 121 Å². The maximum absolute atomic E-state index is 12.5. The minimum absolute atomic E-state index is 0.0595. The number of hydrogen-bond donors (Lipinski definition) is 2. The van der Waals surface area contributed by atoms with Crippen LogP contribution in [-0.2, 0) is 22.7 Å². The monoisotopic (exact) mass is 468 g/mol. The number of nitrogens with zero attached hydrogens (tertiary/aromatic N) is 2. The highest BCUT2D eigenvalue weighted by molar-refractivity contribution is 6.05. The molecule has 4 amide bonds. The van der Waals surface area contributed by atoms with Crippen molar-refractivity contribution in [1.29, 1.82) is 0 Å². The van der Waals surface area contributed by atoms with Gasteiger partial charge < -0.3 is 19.4 Å². The molecule has 34 heavy (non-hydrogen) atoms. The van der Waals surface area contributed by atoms with Crippen molar-refractivity contribution in [2.24, 2.45) is 0 Å². The minimum atomic E-state index is -0.817. The molecular weight excluding hydrogens is 440 g/mol. The number of piperazine rings is 1. The predicted molar refractivity (Wildman–Crippen MR) is 122 cm³/mol. The van der Waals surface area contributed by atoms with Gasteiger partial charge in [0, 0.05) is 32.2 Å². The summed E-state index contributed by atoms with van der Waals surface area (Å²) in [5, 5.41) is 4.56. The van der Waals surface area contributed by atoms with Gasteiger partial charge in [-0.15, -0.1) is 0 Å². The van der Waals surface area contributed by atoms with E-state index in [4.69, 9.17) is 9.15 Å². The lowest BCUT2D eigenvalue weighted by atomic mass is 10.1. The quantitative estimate of drug-likeness (QED) is 0.583. The number of amides is 4. The van der Waals surface area contributed by atoms with Crippen LogP contribution in [0.25, 0.3) is 0 Å². The Labute approximate surface area is 196 Å². The van der Waals surface area contributed by atoms with Gasteiger partial charge in [0.2, 0.25) is 17.1 Å². The van der Waals surface area contributed by atoms with Crippen LogP contribution in [0, 0.1) is 13.8 Å². The van der Waals surface area contributed by atoms with E-state index in [-0.39, 0.29) is 30.1 Å². The number of hydrogen-bond acceptors (Lipinski definition) is 7. The SMILES string of the molecule is Cc1cc(C)cc(COc2coc(CN3CCN(C(=O)C[C@H]4NC(=O)NC4=O)CC3)cc2=O)c1. The summed E-state index contributed by atoms with van der Waals surface area (Å²) in [4.78, 5) is 51.5. The molecule has 1 aromatic heterocycles. The molecule has 0 radical (unpaired) electrons. The normalized spacial score (nSPS) is 18.5. The highest BCUT2D eigenvalue weighted by Crippen LogP contribution is 2.15. The Balaban J connectivity index is 1.25. The van der Waals surface area contributed by atoms with Gasteiger partial charge in [-0.1, -0.05) is 29.3 Å². The van der Waals surface area contributed by atoms with Crippen molar-refractivity contribution in [3.05, 3.63) is 63.2 Å². The Kier molecular flexibility index (Phi) is 6.97. The molecule has 4 rings (SSSR count). The van der Waals surface area contributed by atoms with Crippen LogP contribution in [-0.4, -0.2) is 59.9 Å². The van der Waals surface area contributed by atoms with Gasteiger partial charge in [0.25, 0.3) is 5.91 Å². The van der Waals surface area contributed by atoms with E-state index in [1.807, 2.05) is 26.0 Å². The van der Waals surface area contributed by atoms with Gasteiger partial charge >= 0.3 is 6.03 Å². The lowest BCUT2D eigenvalue weighted by Crippen LogP contribution is -2.49. The number of rotatable bonds is 7. The zero-order chi connectivity index (χ0) is 24.2. The predicted octanol–water partition coefficient (Wildman–Crippen LogP) is 1.08. The lowest BCUT2D eigenvalue weighted by Gasteiger charge is -2.34. The van der Waals surface area contributed by atoms with Crippen molar-refractivity contribution in [2.75, 3.05) is 26.2 Å². The van der Waals surface area contributed by atoms with Crippen LogP contribution >= 0.6 is 0 Å². The van der Waals surface area contributed by atoms with Gasteiger partial charge in [0.15, 0.2) is 0 Å². The molecule has 2 N–H and O–H groups in total. The molecule has 0 aliphatic carbocycles. The average Bonchev–Trinajstić information content (AvgIpc) is 3.09. The van der Waals surface area contributed by atoms with Crippen LogP contribution in [0.4, 0.5) is 4.79 Å². The molecule has 2 fully saturated rings. The second kappa shape index (κ2) is 10.1. The van der Waals surface area contributed by atoms with Gasteiger partial charge in [-0.2, -0.15) is 0 Å². The molecule has 0 unspecified atom stereocenters. The van der Waals surface area contributed by atoms with Crippen LogP contribution in [0.15, 0.2) is 39.7 Å². The molecule has 10 heteroatoms. The van der Waals surface area contributed by atoms with E-state index in [1.54, 1.807) is 4.90 Å². The molecule has 3 heterocycles. The largest absolute Gasteiger partial charge is 0.482 e. The summed E-state index contributed by atoms with van der Waals surface area (Å²) < 4.78 is 11.3. The van der Waals surface area contributed by atoms with Gasteiger partial charge in [-0.3, -0.25) is 24.6 Å². The number of ether oxygens (including phenoxy) is 1. The van der Waals surface area contributed by atoms with E-state index in [0.29, 0.717) is 38.5 Å². The highest BCUT2D eigenvalue weighted by Gasteiger charge is 2.33. The Morgan fingerprint density at radius 2 is 1.76 bits per heavy atom. The number of benzene rings is 1. The Hall–Kier alpha value is -3.66. The summed E-state index contributed by atoms with van der Waals surface area (Å²) in [5.41, 5.74) is 3.03. The zero-order valence-electron chi connectivity index (χ0n) is 19.3. The van der Waals surface area contributed by atoms with E-state index in [9.17, 15) is 19.2 Å². The standard InChI is InChI=1S/C24H28N4O6/c1-15-7-16(2)9-17(8-15)13-34-21-14-33-18(10-20(21)29)12-27-3-5-28(6-4-27)22(30)11-19-23(31)26-24(32)25-19/h7-10,14,19H,3-6,11-13H2,1-2H3,(H2,25,26,31,32)/t19-/m1/s1. The van der Waals surface area contributed by atoms with Crippen molar-refractivity contribution >= 4 is 17.8 Å². The summed E-state index contributed by atoms with van der Waals surface area (Å²) in [6.45, 7) is 6.94. The van der Waals surface area contributed by atoms with Gasteiger partial charge in [-0.05, 0) is 19.4 Å². The molecule has 2 saturated heterocycles. The van der Waals surface area contributed by atoms with E-state index in [1.165, 1.54) is 12.3 Å². The molecule has 2 aliphatic heterocycles. The van der Waals surface area contributed by atoms with Crippen LogP contribution < -0.4 is 20.8 Å². The highest BCUT2D eigenvalue weighted by atomic mass is 16.5. The summed E-state index contributed by atoms with van der Waals surface area (Å²) >= 11 is 0. The molecular formula is C24H28N4O6. The molecule has 1 aromatic carbocycles.